The second kappa shape index (κ2) is 5.89. The van der Waals surface area contributed by atoms with Gasteiger partial charge >= 0.3 is 0 Å². The van der Waals surface area contributed by atoms with Gasteiger partial charge in [-0.2, -0.15) is 0 Å². The van der Waals surface area contributed by atoms with Crippen molar-refractivity contribution in [1.29, 1.82) is 0 Å². The molecule has 2 unspecified atom stereocenters. The van der Waals surface area contributed by atoms with Gasteiger partial charge in [0.25, 0.3) is 0 Å². The van der Waals surface area contributed by atoms with Gasteiger partial charge in [-0.1, -0.05) is 57.2 Å². The average molecular weight is 258 g/mol. The summed E-state index contributed by atoms with van der Waals surface area (Å²) < 4.78 is 0. The Morgan fingerprint density at radius 2 is 2.00 bits per heavy atom. The minimum Gasteiger partial charge on any atom is -0.310 e. The standard InChI is InChI=1S/C17H26N2/c1-5-11-19-13-16(17(2,3)4)18-12-15(19)14-9-7-6-8-10-14/h5-10,15-16,18H,1,11-13H2,2-4H3. The lowest BCUT2D eigenvalue weighted by atomic mass is 9.84. The predicted molar refractivity (Wildman–Crippen MR) is 82.2 cm³/mol. The molecule has 1 saturated heterocycles. The van der Waals surface area contributed by atoms with E-state index in [2.05, 4.69) is 67.9 Å². The van der Waals surface area contributed by atoms with Gasteiger partial charge in [0.15, 0.2) is 0 Å². The van der Waals surface area contributed by atoms with Crippen molar-refractivity contribution in [3.63, 3.8) is 0 Å². The molecule has 2 rings (SSSR count). The van der Waals surface area contributed by atoms with Crippen LogP contribution in [0, 0.1) is 5.41 Å². The Labute approximate surface area is 117 Å². The van der Waals surface area contributed by atoms with Crippen molar-refractivity contribution in [3.8, 4) is 0 Å². The maximum Gasteiger partial charge on any atom is 0.0476 e. The van der Waals surface area contributed by atoms with Crippen molar-refractivity contribution in [3.05, 3.63) is 48.6 Å². The highest BCUT2D eigenvalue weighted by Gasteiger charge is 2.33. The molecule has 0 saturated carbocycles. The highest BCUT2D eigenvalue weighted by molar-refractivity contribution is 5.20. The normalized spacial score (nSPS) is 25.2. The Balaban J connectivity index is 2.15. The smallest absolute Gasteiger partial charge is 0.0476 e. The molecular weight excluding hydrogens is 232 g/mol. The van der Waals surface area contributed by atoms with Gasteiger partial charge in [0, 0.05) is 31.7 Å². The first-order valence-electron chi connectivity index (χ1n) is 7.15. The van der Waals surface area contributed by atoms with Gasteiger partial charge in [-0.05, 0) is 11.0 Å². The monoisotopic (exact) mass is 258 g/mol. The van der Waals surface area contributed by atoms with Gasteiger partial charge in [0.05, 0.1) is 0 Å². The van der Waals surface area contributed by atoms with Crippen molar-refractivity contribution in [2.75, 3.05) is 19.6 Å². The van der Waals surface area contributed by atoms with Crippen LogP contribution in [0.2, 0.25) is 0 Å². The third-order valence-corrected chi connectivity index (χ3v) is 4.01. The molecule has 1 N–H and O–H groups in total. The first-order valence-corrected chi connectivity index (χ1v) is 7.15. The molecule has 2 atom stereocenters. The maximum atomic E-state index is 3.91. The Morgan fingerprint density at radius 3 is 2.58 bits per heavy atom. The maximum absolute atomic E-state index is 3.91. The third-order valence-electron chi connectivity index (χ3n) is 4.01. The molecule has 1 heterocycles. The van der Waals surface area contributed by atoms with Crippen LogP contribution in [0.5, 0.6) is 0 Å². The number of piperazine rings is 1. The summed E-state index contributed by atoms with van der Waals surface area (Å²) in [5.74, 6) is 0. The number of hydrogen-bond acceptors (Lipinski definition) is 2. The van der Waals surface area contributed by atoms with Crippen molar-refractivity contribution >= 4 is 0 Å². The van der Waals surface area contributed by atoms with Crippen molar-refractivity contribution in [2.45, 2.75) is 32.9 Å². The van der Waals surface area contributed by atoms with Crippen LogP contribution in [0.1, 0.15) is 32.4 Å². The lowest BCUT2D eigenvalue weighted by Gasteiger charge is -2.45. The van der Waals surface area contributed by atoms with E-state index in [0.29, 0.717) is 17.5 Å². The van der Waals surface area contributed by atoms with Crippen LogP contribution in [-0.2, 0) is 0 Å². The van der Waals surface area contributed by atoms with Crippen molar-refractivity contribution in [1.82, 2.24) is 10.2 Å². The van der Waals surface area contributed by atoms with Crippen molar-refractivity contribution in [2.24, 2.45) is 5.41 Å². The topological polar surface area (TPSA) is 15.3 Å². The van der Waals surface area contributed by atoms with Crippen LogP contribution in [-0.4, -0.2) is 30.6 Å². The lowest BCUT2D eigenvalue weighted by molar-refractivity contribution is 0.0958. The summed E-state index contributed by atoms with van der Waals surface area (Å²) in [6.07, 6.45) is 2.01. The van der Waals surface area contributed by atoms with Gasteiger partial charge in [0.1, 0.15) is 0 Å². The summed E-state index contributed by atoms with van der Waals surface area (Å²) in [6, 6.07) is 11.8. The second-order valence-corrected chi connectivity index (χ2v) is 6.50. The summed E-state index contributed by atoms with van der Waals surface area (Å²) in [7, 11) is 0. The van der Waals surface area contributed by atoms with Gasteiger partial charge < -0.3 is 5.32 Å². The Kier molecular flexibility index (Phi) is 4.43. The molecule has 104 valence electrons. The highest BCUT2D eigenvalue weighted by Crippen LogP contribution is 2.29. The zero-order chi connectivity index (χ0) is 13.9. The fraction of sp³-hybridized carbons (Fsp3) is 0.529. The molecule has 1 aromatic rings. The van der Waals surface area contributed by atoms with Crippen LogP contribution in [0.4, 0.5) is 0 Å². The number of hydrogen-bond donors (Lipinski definition) is 1. The zero-order valence-corrected chi connectivity index (χ0v) is 12.4. The zero-order valence-electron chi connectivity index (χ0n) is 12.4. The molecule has 0 radical (unpaired) electrons. The van der Waals surface area contributed by atoms with E-state index < -0.39 is 0 Å². The molecule has 0 spiro atoms. The van der Waals surface area contributed by atoms with E-state index >= 15 is 0 Å². The molecule has 1 aromatic carbocycles. The van der Waals surface area contributed by atoms with Crippen LogP contribution in [0.25, 0.3) is 0 Å². The van der Waals surface area contributed by atoms with Gasteiger partial charge in [-0.15, -0.1) is 6.58 Å². The molecule has 1 aliphatic rings. The van der Waals surface area contributed by atoms with E-state index in [-0.39, 0.29) is 0 Å². The largest absolute Gasteiger partial charge is 0.310 e. The number of benzene rings is 1. The number of nitrogens with zero attached hydrogens (tertiary/aromatic N) is 1. The Hall–Kier alpha value is -1.12. The Morgan fingerprint density at radius 1 is 1.32 bits per heavy atom. The van der Waals surface area contributed by atoms with Gasteiger partial charge in [0.2, 0.25) is 0 Å². The van der Waals surface area contributed by atoms with E-state index in [4.69, 9.17) is 0 Å². The first-order chi connectivity index (χ1) is 9.02. The molecule has 0 aliphatic carbocycles. The molecule has 0 aromatic heterocycles. The molecule has 1 aliphatic heterocycles. The fourth-order valence-electron chi connectivity index (χ4n) is 2.76. The van der Waals surface area contributed by atoms with Crippen LogP contribution >= 0.6 is 0 Å². The summed E-state index contributed by atoms with van der Waals surface area (Å²) in [6.45, 7) is 13.9. The highest BCUT2D eigenvalue weighted by atomic mass is 15.2. The molecule has 1 fully saturated rings. The van der Waals surface area contributed by atoms with E-state index in [1.165, 1.54) is 5.56 Å². The second-order valence-electron chi connectivity index (χ2n) is 6.50. The Bertz CT molecular complexity index is 405. The summed E-state index contributed by atoms with van der Waals surface area (Å²) in [4.78, 5) is 2.54. The predicted octanol–water partition coefficient (Wildman–Crippen LogP) is 3.23. The summed E-state index contributed by atoms with van der Waals surface area (Å²) in [5.41, 5.74) is 1.69. The lowest BCUT2D eigenvalue weighted by Crippen LogP contribution is -2.56. The molecule has 19 heavy (non-hydrogen) atoms. The minimum atomic E-state index is 0.293. The minimum absolute atomic E-state index is 0.293. The first kappa shape index (κ1) is 14.3. The molecule has 2 heteroatoms. The van der Waals surface area contributed by atoms with Crippen molar-refractivity contribution < 1.29 is 0 Å². The van der Waals surface area contributed by atoms with E-state index in [9.17, 15) is 0 Å². The van der Waals surface area contributed by atoms with Crippen LogP contribution in [0.15, 0.2) is 43.0 Å². The van der Waals surface area contributed by atoms with Crippen LogP contribution < -0.4 is 5.32 Å². The quantitative estimate of drug-likeness (QED) is 0.837. The van der Waals surface area contributed by atoms with E-state index in [0.717, 1.165) is 19.6 Å². The summed E-state index contributed by atoms with van der Waals surface area (Å²) >= 11 is 0. The van der Waals surface area contributed by atoms with Crippen LogP contribution in [0.3, 0.4) is 0 Å². The average Bonchev–Trinajstić information content (AvgIpc) is 2.39. The van der Waals surface area contributed by atoms with Gasteiger partial charge in [-0.3, -0.25) is 4.90 Å². The molecule has 0 bridgehead atoms. The number of rotatable bonds is 3. The number of nitrogens with one attached hydrogen (secondary N) is 1. The molecule has 2 nitrogen and oxygen atoms in total. The SMILES string of the molecule is C=CCN1CC(C(C)(C)C)NCC1c1ccccc1. The molecule has 0 amide bonds. The molecular formula is C17H26N2. The van der Waals surface area contributed by atoms with E-state index in [1.54, 1.807) is 0 Å². The van der Waals surface area contributed by atoms with E-state index in [1.807, 2.05) is 6.08 Å². The third kappa shape index (κ3) is 3.46. The van der Waals surface area contributed by atoms with Gasteiger partial charge in [-0.25, -0.2) is 0 Å². The summed E-state index contributed by atoms with van der Waals surface area (Å²) in [5, 5.41) is 3.72. The fourth-order valence-corrected chi connectivity index (χ4v) is 2.76.